The average molecular weight is 614 g/mol. The number of nitrogens with zero attached hydrogens (tertiary/aromatic N) is 2. The molecular formula is C32H40FN3O6S. The molecule has 3 rings (SSSR count). The molecule has 0 spiro atoms. The van der Waals surface area contributed by atoms with E-state index in [0.717, 1.165) is 16.4 Å². The molecule has 0 fully saturated rings. The summed E-state index contributed by atoms with van der Waals surface area (Å²) in [4.78, 5) is 28.8. The Morgan fingerprint density at radius 3 is 2.19 bits per heavy atom. The van der Waals surface area contributed by atoms with E-state index in [9.17, 15) is 22.4 Å². The zero-order valence-corrected chi connectivity index (χ0v) is 26.1. The maximum absolute atomic E-state index is 14.1. The first-order chi connectivity index (χ1) is 20.5. The van der Waals surface area contributed by atoms with Crippen molar-refractivity contribution in [1.82, 2.24) is 10.2 Å². The number of methoxy groups -OCH3 is 1. The lowest BCUT2D eigenvalue weighted by Gasteiger charge is -2.33. The second-order valence-corrected chi connectivity index (χ2v) is 11.9. The highest BCUT2D eigenvalue weighted by Crippen LogP contribution is 2.27. The molecule has 3 aromatic carbocycles. The monoisotopic (exact) mass is 613 g/mol. The van der Waals surface area contributed by atoms with Crippen LogP contribution in [-0.2, 0) is 26.2 Å². The standard InChI is InChI=1S/C32H40FN3O6S/c1-6-23(4)34-32(38)30(7-2)35(21-24-10-9-11-28(20-24)41-5)31(37)22-36(26-14-12-25(33)13-15-26)43(39,40)29-18-16-27(17-19-29)42-8-3/h9-20,23,30H,6-8,21-22H2,1-5H3,(H,34,38). The van der Waals surface area contributed by atoms with Crippen LogP contribution in [0.3, 0.4) is 0 Å². The summed E-state index contributed by atoms with van der Waals surface area (Å²) in [7, 11) is -2.77. The van der Waals surface area contributed by atoms with Gasteiger partial charge in [-0.25, -0.2) is 12.8 Å². The fraction of sp³-hybridized carbons (Fsp3) is 0.375. The van der Waals surface area contributed by atoms with Crippen molar-refractivity contribution in [3.8, 4) is 11.5 Å². The van der Waals surface area contributed by atoms with Crippen molar-refractivity contribution in [2.75, 3.05) is 24.6 Å². The first kappa shape index (κ1) is 33.4. The van der Waals surface area contributed by atoms with Crippen LogP contribution in [-0.4, -0.2) is 57.5 Å². The maximum Gasteiger partial charge on any atom is 0.264 e. The van der Waals surface area contributed by atoms with Gasteiger partial charge >= 0.3 is 0 Å². The second kappa shape index (κ2) is 15.4. The van der Waals surface area contributed by atoms with Crippen LogP contribution >= 0.6 is 0 Å². The molecule has 11 heteroatoms. The van der Waals surface area contributed by atoms with E-state index in [1.807, 2.05) is 20.8 Å². The van der Waals surface area contributed by atoms with Gasteiger partial charge in [-0.1, -0.05) is 26.0 Å². The van der Waals surface area contributed by atoms with Gasteiger partial charge in [0.25, 0.3) is 10.0 Å². The third-order valence-electron chi connectivity index (χ3n) is 6.99. The molecule has 0 bridgehead atoms. The van der Waals surface area contributed by atoms with E-state index in [1.165, 1.54) is 48.4 Å². The van der Waals surface area contributed by atoms with Gasteiger partial charge in [0, 0.05) is 12.6 Å². The zero-order chi connectivity index (χ0) is 31.6. The van der Waals surface area contributed by atoms with E-state index in [2.05, 4.69) is 5.32 Å². The molecule has 2 atom stereocenters. The van der Waals surface area contributed by atoms with Crippen LogP contribution in [0.15, 0.2) is 77.7 Å². The molecule has 0 heterocycles. The molecule has 9 nitrogen and oxygen atoms in total. The second-order valence-electron chi connectivity index (χ2n) is 10.0. The lowest BCUT2D eigenvalue weighted by molar-refractivity contribution is -0.140. The van der Waals surface area contributed by atoms with Gasteiger partial charge in [-0.2, -0.15) is 0 Å². The van der Waals surface area contributed by atoms with E-state index in [4.69, 9.17) is 9.47 Å². The molecule has 43 heavy (non-hydrogen) atoms. The Balaban J connectivity index is 2.06. The summed E-state index contributed by atoms with van der Waals surface area (Å²) in [5.41, 5.74) is 0.798. The minimum absolute atomic E-state index is 0.0306. The molecule has 0 aliphatic carbocycles. The number of nitrogens with one attached hydrogen (secondary N) is 1. The highest BCUT2D eigenvalue weighted by molar-refractivity contribution is 7.92. The van der Waals surface area contributed by atoms with Crippen LogP contribution in [0.1, 0.15) is 46.1 Å². The summed E-state index contributed by atoms with van der Waals surface area (Å²) < 4.78 is 53.5. The third-order valence-corrected chi connectivity index (χ3v) is 8.78. The summed E-state index contributed by atoms with van der Waals surface area (Å²) in [6, 6.07) is 16.8. The van der Waals surface area contributed by atoms with Gasteiger partial charge < -0.3 is 19.7 Å². The summed E-state index contributed by atoms with van der Waals surface area (Å²) in [5.74, 6) is -0.425. The number of rotatable bonds is 15. The molecule has 0 aromatic heterocycles. The van der Waals surface area contributed by atoms with Gasteiger partial charge in [-0.05, 0) is 92.9 Å². The Kier molecular flexibility index (Phi) is 11.9. The summed E-state index contributed by atoms with van der Waals surface area (Å²) in [5, 5.41) is 2.94. The van der Waals surface area contributed by atoms with Gasteiger partial charge in [-0.3, -0.25) is 13.9 Å². The number of amides is 2. The first-order valence-corrected chi connectivity index (χ1v) is 15.7. The highest BCUT2D eigenvalue weighted by atomic mass is 32.2. The molecule has 0 aliphatic heterocycles. The smallest absolute Gasteiger partial charge is 0.264 e. The van der Waals surface area contributed by atoms with Gasteiger partial charge in [0.1, 0.15) is 29.9 Å². The van der Waals surface area contributed by atoms with Crippen LogP contribution in [0.5, 0.6) is 11.5 Å². The molecular weight excluding hydrogens is 573 g/mol. The maximum atomic E-state index is 14.1. The van der Waals surface area contributed by atoms with E-state index in [1.54, 1.807) is 31.2 Å². The van der Waals surface area contributed by atoms with Crippen molar-refractivity contribution in [3.05, 3.63) is 84.2 Å². The van der Waals surface area contributed by atoms with Gasteiger partial charge in [0.2, 0.25) is 11.8 Å². The lowest BCUT2D eigenvalue weighted by atomic mass is 10.1. The highest BCUT2D eigenvalue weighted by Gasteiger charge is 2.34. The fourth-order valence-electron chi connectivity index (χ4n) is 4.47. The average Bonchev–Trinajstić information content (AvgIpc) is 3.00. The first-order valence-electron chi connectivity index (χ1n) is 14.3. The molecule has 0 saturated heterocycles. The number of ether oxygens (including phenoxy) is 2. The van der Waals surface area contributed by atoms with Crippen molar-refractivity contribution in [2.45, 2.75) is 64.1 Å². The Morgan fingerprint density at radius 1 is 0.930 bits per heavy atom. The molecule has 1 N–H and O–H groups in total. The minimum Gasteiger partial charge on any atom is -0.497 e. The predicted molar refractivity (Wildman–Crippen MR) is 164 cm³/mol. The Hall–Kier alpha value is -4.12. The van der Waals surface area contributed by atoms with Gasteiger partial charge in [0.15, 0.2) is 0 Å². The molecule has 0 radical (unpaired) electrons. The van der Waals surface area contributed by atoms with E-state index >= 15 is 0 Å². The summed E-state index contributed by atoms with van der Waals surface area (Å²) >= 11 is 0. The number of halogens is 1. The summed E-state index contributed by atoms with van der Waals surface area (Å²) in [6.07, 6.45) is 0.991. The van der Waals surface area contributed by atoms with Crippen LogP contribution < -0.4 is 19.1 Å². The van der Waals surface area contributed by atoms with Crippen molar-refractivity contribution >= 4 is 27.5 Å². The number of hydrogen-bond donors (Lipinski definition) is 1. The minimum atomic E-state index is -4.30. The van der Waals surface area contributed by atoms with Crippen molar-refractivity contribution in [1.29, 1.82) is 0 Å². The fourth-order valence-corrected chi connectivity index (χ4v) is 5.88. The number of carbonyl (C=O) groups excluding carboxylic acids is 2. The zero-order valence-electron chi connectivity index (χ0n) is 25.2. The van der Waals surface area contributed by atoms with Crippen molar-refractivity contribution in [3.63, 3.8) is 0 Å². The van der Waals surface area contributed by atoms with Crippen LogP contribution in [0.2, 0.25) is 0 Å². The number of benzene rings is 3. The quantitative estimate of drug-likeness (QED) is 0.254. The molecule has 2 amide bonds. The number of carbonyl (C=O) groups is 2. The number of sulfonamides is 1. The molecule has 0 saturated carbocycles. The predicted octanol–water partition coefficient (Wildman–Crippen LogP) is 5.15. The molecule has 0 aliphatic rings. The Bertz CT molecular complexity index is 1470. The number of hydrogen-bond acceptors (Lipinski definition) is 6. The van der Waals surface area contributed by atoms with Crippen molar-refractivity contribution in [2.24, 2.45) is 0 Å². The molecule has 3 aromatic rings. The molecule has 2 unspecified atom stereocenters. The lowest BCUT2D eigenvalue weighted by Crippen LogP contribution is -2.53. The van der Waals surface area contributed by atoms with Crippen LogP contribution in [0, 0.1) is 5.82 Å². The van der Waals surface area contributed by atoms with Crippen molar-refractivity contribution < 1.29 is 31.9 Å². The molecule has 232 valence electrons. The third kappa shape index (κ3) is 8.70. The van der Waals surface area contributed by atoms with E-state index in [0.29, 0.717) is 36.5 Å². The number of anilines is 1. The van der Waals surface area contributed by atoms with E-state index in [-0.39, 0.29) is 29.1 Å². The largest absolute Gasteiger partial charge is 0.497 e. The Labute approximate surface area is 253 Å². The topological polar surface area (TPSA) is 105 Å². The van der Waals surface area contributed by atoms with Crippen LogP contribution in [0.25, 0.3) is 0 Å². The van der Waals surface area contributed by atoms with Gasteiger partial charge in [0.05, 0.1) is 24.3 Å². The Morgan fingerprint density at radius 2 is 1.60 bits per heavy atom. The SMILES string of the molecule is CCOc1ccc(S(=O)(=O)N(CC(=O)N(Cc2cccc(OC)c2)C(CC)C(=O)NC(C)CC)c2ccc(F)cc2)cc1. The van der Waals surface area contributed by atoms with Gasteiger partial charge in [-0.15, -0.1) is 0 Å². The normalized spacial score (nSPS) is 12.6. The van der Waals surface area contributed by atoms with E-state index < -0.39 is 34.3 Å². The van der Waals surface area contributed by atoms with Crippen LogP contribution in [0.4, 0.5) is 10.1 Å². The summed E-state index contributed by atoms with van der Waals surface area (Å²) in [6.45, 7) is 7.24.